The predicted octanol–water partition coefficient (Wildman–Crippen LogP) is 1.13. The molecule has 2 aromatic rings. The minimum Gasteiger partial charge on any atom is -0.497 e. The number of rotatable bonds is 5. The van der Waals surface area contributed by atoms with Gasteiger partial charge in [-0.15, -0.1) is 12.4 Å². The molecule has 1 fully saturated rings. The quantitative estimate of drug-likeness (QED) is 0.760. The van der Waals surface area contributed by atoms with E-state index in [-0.39, 0.29) is 24.2 Å². The lowest BCUT2D eigenvalue weighted by molar-refractivity contribution is -0.124. The fourth-order valence-corrected chi connectivity index (χ4v) is 2.44. The van der Waals surface area contributed by atoms with Crippen molar-refractivity contribution in [2.45, 2.75) is 13.0 Å². The van der Waals surface area contributed by atoms with Crippen molar-refractivity contribution in [3.63, 3.8) is 0 Å². The highest BCUT2D eigenvalue weighted by atomic mass is 35.5. The van der Waals surface area contributed by atoms with E-state index in [0.717, 1.165) is 30.8 Å². The summed E-state index contributed by atoms with van der Waals surface area (Å²) in [6, 6.07) is 7.52. The lowest BCUT2D eigenvalue weighted by atomic mass is 10.1. The molecule has 124 valence electrons. The van der Waals surface area contributed by atoms with Crippen molar-refractivity contribution < 1.29 is 9.53 Å². The predicted molar refractivity (Wildman–Crippen MR) is 88.4 cm³/mol. The maximum atomic E-state index is 11.9. The van der Waals surface area contributed by atoms with Crippen molar-refractivity contribution in [2.24, 2.45) is 5.92 Å². The van der Waals surface area contributed by atoms with E-state index >= 15 is 0 Å². The first-order valence-electron chi connectivity index (χ1n) is 7.30. The second-order valence-corrected chi connectivity index (χ2v) is 5.24. The Bertz CT molecular complexity index is 638. The molecule has 0 aliphatic carbocycles. The third kappa shape index (κ3) is 4.20. The van der Waals surface area contributed by atoms with E-state index in [4.69, 9.17) is 4.74 Å². The molecule has 1 aliphatic rings. The number of methoxy groups -OCH3 is 1. The first-order chi connectivity index (χ1) is 10.8. The molecular weight excluding hydrogens is 318 g/mol. The first kappa shape index (κ1) is 17.2. The molecule has 3 rings (SSSR count). The van der Waals surface area contributed by atoms with E-state index in [1.54, 1.807) is 7.11 Å². The van der Waals surface area contributed by atoms with Crippen molar-refractivity contribution in [2.75, 3.05) is 20.2 Å². The Balaban J connectivity index is 0.00000192. The molecule has 2 heterocycles. The number of aromatic nitrogens is 3. The smallest absolute Gasteiger partial charge is 0.224 e. The Kier molecular flexibility index (Phi) is 5.95. The van der Waals surface area contributed by atoms with Gasteiger partial charge in [0, 0.05) is 12.1 Å². The highest BCUT2D eigenvalue weighted by Gasteiger charge is 2.22. The summed E-state index contributed by atoms with van der Waals surface area (Å²) in [5, 5.41) is 13.1. The van der Waals surface area contributed by atoms with E-state index < -0.39 is 0 Å². The molecule has 1 unspecified atom stereocenters. The minimum absolute atomic E-state index is 0. The van der Waals surface area contributed by atoms with Gasteiger partial charge in [0.25, 0.3) is 0 Å². The van der Waals surface area contributed by atoms with Crippen LogP contribution in [0.3, 0.4) is 0 Å². The molecule has 1 atom stereocenters. The topological polar surface area (TPSA) is 91.9 Å². The van der Waals surface area contributed by atoms with Gasteiger partial charge in [-0.2, -0.15) is 5.10 Å². The molecule has 7 nitrogen and oxygen atoms in total. The molecule has 3 N–H and O–H groups in total. The summed E-state index contributed by atoms with van der Waals surface area (Å²) in [7, 11) is 1.63. The molecule has 1 amide bonds. The van der Waals surface area contributed by atoms with Gasteiger partial charge in [0.05, 0.1) is 19.6 Å². The van der Waals surface area contributed by atoms with Crippen LogP contribution in [0.5, 0.6) is 5.75 Å². The normalized spacial score (nSPS) is 16.7. The molecular formula is C15H20ClN5O2. The highest BCUT2D eigenvalue weighted by molar-refractivity contribution is 5.85. The fourth-order valence-electron chi connectivity index (χ4n) is 2.44. The Morgan fingerprint density at radius 1 is 1.39 bits per heavy atom. The van der Waals surface area contributed by atoms with Crippen molar-refractivity contribution >= 4 is 18.3 Å². The van der Waals surface area contributed by atoms with Crippen molar-refractivity contribution in [3.05, 3.63) is 30.1 Å². The maximum absolute atomic E-state index is 11.9. The average Bonchev–Trinajstić information content (AvgIpc) is 3.24. The molecule has 1 aromatic carbocycles. The number of hydrogen-bond donors (Lipinski definition) is 3. The van der Waals surface area contributed by atoms with E-state index in [9.17, 15) is 4.79 Å². The van der Waals surface area contributed by atoms with E-state index in [0.29, 0.717) is 18.2 Å². The second-order valence-electron chi connectivity index (χ2n) is 5.24. The summed E-state index contributed by atoms with van der Waals surface area (Å²) in [4.78, 5) is 16.3. The molecule has 1 aliphatic heterocycles. The van der Waals surface area contributed by atoms with Gasteiger partial charge in [0.1, 0.15) is 11.6 Å². The highest BCUT2D eigenvalue weighted by Crippen LogP contribution is 2.18. The van der Waals surface area contributed by atoms with Crippen LogP contribution in [0.4, 0.5) is 0 Å². The lowest BCUT2D eigenvalue weighted by Crippen LogP contribution is -2.31. The Labute approximate surface area is 140 Å². The van der Waals surface area contributed by atoms with Gasteiger partial charge < -0.3 is 15.4 Å². The molecule has 8 heteroatoms. The van der Waals surface area contributed by atoms with Crippen LogP contribution >= 0.6 is 12.4 Å². The third-order valence-electron chi connectivity index (χ3n) is 3.74. The fraction of sp³-hybridized carbons (Fsp3) is 0.400. The summed E-state index contributed by atoms with van der Waals surface area (Å²) in [6.07, 6.45) is 0.888. The number of halogens is 1. The molecule has 0 saturated carbocycles. The van der Waals surface area contributed by atoms with Gasteiger partial charge >= 0.3 is 0 Å². The zero-order chi connectivity index (χ0) is 15.4. The number of benzene rings is 1. The average molecular weight is 338 g/mol. The number of ether oxygens (including phenoxy) is 1. The first-order valence-corrected chi connectivity index (χ1v) is 7.30. The lowest BCUT2D eigenvalue weighted by Gasteiger charge is -2.07. The van der Waals surface area contributed by atoms with E-state index in [2.05, 4.69) is 25.8 Å². The standard InChI is InChI=1S/C15H19N5O2.ClH/c1-22-12-4-2-10(3-5-12)14-18-13(19-20-14)9-17-15(21)11-6-7-16-8-11;/h2-5,11,16H,6-9H2,1H3,(H,17,21)(H,18,19,20);1H. The van der Waals surface area contributed by atoms with Crippen molar-refractivity contribution in [1.82, 2.24) is 25.8 Å². The van der Waals surface area contributed by atoms with Crippen molar-refractivity contribution in [1.29, 1.82) is 0 Å². The van der Waals surface area contributed by atoms with E-state index in [1.807, 2.05) is 24.3 Å². The van der Waals surface area contributed by atoms with Crippen LogP contribution in [-0.4, -0.2) is 41.3 Å². The van der Waals surface area contributed by atoms with Gasteiger partial charge in [-0.25, -0.2) is 4.98 Å². The van der Waals surface area contributed by atoms with Crippen LogP contribution in [-0.2, 0) is 11.3 Å². The number of aromatic amines is 1. The monoisotopic (exact) mass is 337 g/mol. The number of H-pyrrole nitrogens is 1. The zero-order valence-corrected chi connectivity index (χ0v) is 13.7. The maximum Gasteiger partial charge on any atom is 0.224 e. The zero-order valence-electron chi connectivity index (χ0n) is 12.8. The number of carbonyl (C=O) groups is 1. The summed E-state index contributed by atoms with van der Waals surface area (Å²) in [5.41, 5.74) is 0.898. The number of amides is 1. The van der Waals surface area contributed by atoms with Crippen LogP contribution in [0.15, 0.2) is 24.3 Å². The van der Waals surface area contributed by atoms with Gasteiger partial charge in [-0.05, 0) is 37.2 Å². The van der Waals surface area contributed by atoms with Crippen LogP contribution in [0, 0.1) is 5.92 Å². The summed E-state index contributed by atoms with van der Waals surface area (Å²) in [6.45, 7) is 2.01. The number of hydrogen-bond acceptors (Lipinski definition) is 5. The summed E-state index contributed by atoms with van der Waals surface area (Å²) >= 11 is 0. The molecule has 23 heavy (non-hydrogen) atoms. The van der Waals surface area contributed by atoms with Crippen LogP contribution in [0.25, 0.3) is 11.4 Å². The van der Waals surface area contributed by atoms with Crippen LogP contribution < -0.4 is 15.4 Å². The Morgan fingerprint density at radius 2 is 2.17 bits per heavy atom. The third-order valence-corrected chi connectivity index (χ3v) is 3.74. The van der Waals surface area contributed by atoms with E-state index in [1.165, 1.54) is 0 Å². The summed E-state index contributed by atoms with van der Waals surface area (Å²) < 4.78 is 5.12. The van der Waals surface area contributed by atoms with Crippen molar-refractivity contribution in [3.8, 4) is 17.1 Å². The minimum atomic E-state index is 0. The molecule has 0 spiro atoms. The van der Waals surface area contributed by atoms with Gasteiger partial charge in [-0.3, -0.25) is 9.89 Å². The molecule has 1 saturated heterocycles. The summed E-state index contributed by atoms with van der Waals surface area (Å²) in [5.74, 6) is 2.16. The second kappa shape index (κ2) is 7.94. The molecule has 1 aromatic heterocycles. The Hall–Kier alpha value is -2.12. The molecule has 0 bridgehead atoms. The van der Waals surface area contributed by atoms with Gasteiger partial charge in [0.15, 0.2) is 5.82 Å². The number of nitrogens with zero attached hydrogens (tertiary/aromatic N) is 2. The SMILES string of the molecule is COc1ccc(-c2n[nH]c(CNC(=O)C3CCNC3)n2)cc1.Cl. The van der Waals surface area contributed by atoms with Gasteiger partial charge in [-0.1, -0.05) is 0 Å². The number of carbonyl (C=O) groups excluding carboxylic acids is 1. The van der Waals surface area contributed by atoms with Gasteiger partial charge in [0.2, 0.25) is 5.91 Å². The molecule has 0 radical (unpaired) electrons. The van der Waals surface area contributed by atoms with Crippen LogP contribution in [0.2, 0.25) is 0 Å². The number of nitrogens with one attached hydrogen (secondary N) is 3. The Morgan fingerprint density at radius 3 is 2.83 bits per heavy atom. The largest absolute Gasteiger partial charge is 0.497 e. The van der Waals surface area contributed by atoms with Crippen LogP contribution in [0.1, 0.15) is 12.2 Å².